The zero-order valence-electron chi connectivity index (χ0n) is 21.7. The summed E-state index contributed by atoms with van der Waals surface area (Å²) in [6.45, 7) is 5.50. The monoisotopic (exact) mass is 523 g/mol. The van der Waals surface area contributed by atoms with Gasteiger partial charge in [-0.15, -0.1) is 0 Å². The molecule has 0 aromatic heterocycles. The molecule has 0 aliphatic carbocycles. The summed E-state index contributed by atoms with van der Waals surface area (Å²) in [4.78, 5) is 17.4. The number of piperazine rings is 1. The highest BCUT2D eigenvalue weighted by molar-refractivity contribution is 7.92. The Kier molecular flexibility index (Phi) is 8.04. The number of hydrogen-bond acceptors (Lipinski definition) is 6. The highest BCUT2D eigenvalue weighted by Gasteiger charge is 2.25. The zero-order chi connectivity index (χ0) is 26.6. The fourth-order valence-electron chi connectivity index (χ4n) is 4.43. The van der Waals surface area contributed by atoms with Gasteiger partial charge in [0.2, 0.25) is 0 Å². The second-order valence-corrected chi connectivity index (χ2v) is 11.0. The molecular formula is C28H33N3O5S. The van der Waals surface area contributed by atoms with Crippen LogP contribution in [0.4, 0.5) is 5.69 Å². The van der Waals surface area contributed by atoms with Crippen LogP contribution in [0.5, 0.6) is 11.5 Å². The smallest absolute Gasteiger partial charge is 0.264 e. The number of ether oxygens (including phenoxy) is 2. The maximum atomic E-state index is 13.1. The maximum Gasteiger partial charge on any atom is 0.264 e. The predicted molar refractivity (Wildman–Crippen MR) is 144 cm³/mol. The molecule has 0 spiro atoms. The first kappa shape index (κ1) is 26.5. The molecule has 1 amide bonds. The van der Waals surface area contributed by atoms with Crippen LogP contribution in [0.3, 0.4) is 0 Å². The quantitative estimate of drug-likeness (QED) is 0.447. The van der Waals surface area contributed by atoms with E-state index in [-0.39, 0.29) is 10.8 Å². The molecule has 1 fully saturated rings. The molecule has 0 unspecified atom stereocenters. The van der Waals surface area contributed by atoms with Crippen molar-refractivity contribution < 1.29 is 22.7 Å². The summed E-state index contributed by atoms with van der Waals surface area (Å²) in [5, 5.41) is 0. The van der Waals surface area contributed by atoms with Gasteiger partial charge in [0.25, 0.3) is 15.9 Å². The van der Waals surface area contributed by atoms with E-state index in [0.29, 0.717) is 35.8 Å². The highest BCUT2D eigenvalue weighted by atomic mass is 32.2. The van der Waals surface area contributed by atoms with Crippen LogP contribution in [-0.2, 0) is 16.6 Å². The number of aryl methyl sites for hydroxylation is 1. The van der Waals surface area contributed by atoms with Crippen LogP contribution in [0, 0.1) is 6.92 Å². The van der Waals surface area contributed by atoms with Crippen LogP contribution >= 0.6 is 0 Å². The number of amides is 1. The van der Waals surface area contributed by atoms with Gasteiger partial charge in [-0.1, -0.05) is 18.2 Å². The molecule has 9 heteroatoms. The summed E-state index contributed by atoms with van der Waals surface area (Å²) in [7, 11) is 1.05. The second kappa shape index (κ2) is 11.2. The van der Waals surface area contributed by atoms with Crippen molar-refractivity contribution in [2.24, 2.45) is 0 Å². The fraction of sp³-hybridized carbons (Fsp3) is 0.321. The van der Waals surface area contributed by atoms with Gasteiger partial charge in [0.15, 0.2) is 11.5 Å². The number of carbonyl (C=O) groups excluding carboxylic acids is 1. The first-order chi connectivity index (χ1) is 17.7. The van der Waals surface area contributed by atoms with Crippen LogP contribution in [0.1, 0.15) is 21.5 Å². The molecule has 0 saturated carbocycles. The van der Waals surface area contributed by atoms with E-state index in [9.17, 15) is 13.2 Å². The van der Waals surface area contributed by atoms with Gasteiger partial charge in [-0.05, 0) is 66.6 Å². The average molecular weight is 524 g/mol. The molecule has 196 valence electrons. The Labute approximate surface area is 219 Å². The topological polar surface area (TPSA) is 79.4 Å². The van der Waals surface area contributed by atoms with E-state index in [0.717, 1.165) is 30.8 Å². The van der Waals surface area contributed by atoms with E-state index in [2.05, 4.69) is 11.8 Å². The van der Waals surface area contributed by atoms with Crippen molar-refractivity contribution in [1.29, 1.82) is 0 Å². The number of para-hydroxylation sites is 1. The molecule has 0 N–H and O–H groups in total. The minimum atomic E-state index is -3.72. The van der Waals surface area contributed by atoms with E-state index in [1.54, 1.807) is 50.6 Å². The number of sulfonamides is 1. The van der Waals surface area contributed by atoms with E-state index in [4.69, 9.17) is 9.47 Å². The first-order valence-electron chi connectivity index (χ1n) is 12.1. The lowest BCUT2D eigenvalue weighted by molar-refractivity contribution is 0.0628. The van der Waals surface area contributed by atoms with Crippen LogP contribution in [0.2, 0.25) is 0 Å². The Morgan fingerprint density at radius 2 is 1.49 bits per heavy atom. The van der Waals surface area contributed by atoms with Gasteiger partial charge in [0.1, 0.15) is 0 Å². The maximum absolute atomic E-state index is 13.1. The van der Waals surface area contributed by atoms with Gasteiger partial charge in [-0.3, -0.25) is 14.0 Å². The minimum absolute atomic E-state index is 0.0951. The fourth-order valence-corrected chi connectivity index (χ4v) is 5.63. The number of hydrogen-bond donors (Lipinski definition) is 0. The molecule has 1 aliphatic rings. The third-order valence-corrected chi connectivity index (χ3v) is 8.57. The molecule has 4 rings (SSSR count). The SMILES string of the molecule is COc1cc(C)c(CN2CCN(C(=O)c3ccc(S(=O)(=O)N(C)c4ccccc4)cc3)CC2)cc1OC. The molecule has 3 aromatic rings. The number of nitrogens with zero attached hydrogens (tertiary/aromatic N) is 3. The van der Waals surface area contributed by atoms with Crippen molar-refractivity contribution in [2.75, 3.05) is 51.8 Å². The standard InChI is InChI=1S/C28H33N3O5S/c1-21-18-26(35-3)27(36-4)19-23(21)20-30-14-16-31(17-15-30)28(32)22-10-12-25(13-11-22)37(33,34)29(2)24-8-6-5-7-9-24/h5-13,18-19H,14-17,20H2,1-4H3. The molecule has 1 aliphatic heterocycles. The highest BCUT2D eigenvalue weighted by Crippen LogP contribution is 2.31. The molecule has 1 heterocycles. The Balaban J connectivity index is 1.38. The third kappa shape index (κ3) is 5.73. The van der Waals surface area contributed by atoms with Crippen LogP contribution < -0.4 is 13.8 Å². The van der Waals surface area contributed by atoms with Crippen molar-refractivity contribution in [2.45, 2.75) is 18.4 Å². The van der Waals surface area contributed by atoms with Gasteiger partial charge in [-0.25, -0.2) is 8.42 Å². The molecule has 8 nitrogen and oxygen atoms in total. The van der Waals surface area contributed by atoms with Gasteiger partial charge in [0, 0.05) is 45.3 Å². The summed E-state index contributed by atoms with van der Waals surface area (Å²) in [6, 6.07) is 19.1. The van der Waals surface area contributed by atoms with Crippen molar-refractivity contribution in [3.05, 3.63) is 83.4 Å². The third-order valence-electron chi connectivity index (χ3n) is 6.78. The van der Waals surface area contributed by atoms with Crippen LogP contribution in [0.25, 0.3) is 0 Å². The van der Waals surface area contributed by atoms with E-state index in [1.807, 2.05) is 23.1 Å². The number of rotatable bonds is 8. The van der Waals surface area contributed by atoms with Crippen molar-refractivity contribution in [1.82, 2.24) is 9.80 Å². The van der Waals surface area contributed by atoms with Crippen molar-refractivity contribution >= 4 is 21.6 Å². The van der Waals surface area contributed by atoms with Gasteiger partial charge < -0.3 is 14.4 Å². The summed E-state index contributed by atoms with van der Waals surface area (Å²) in [5.74, 6) is 1.32. The lowest BCUT2D eigenvalue weighted by Crippen LogP contribution is -2.48. The van der Waals surface area contributed by atoms with Gasteiger partial charge >= 0.3 is 0 Å². The molecule has 1 saturated heterocycles. The zero-order valence-corrected chi connectivity index (χ0v) is 22.5. The number of carbonyl (C=O) groups is 1. The predicted octanol–water partition coefficient (Wildman–Crippen LogP) is 3.80. The largest absolute Gasteiger partial charge is 0.493 e. The van der Waals surface area contributed by atoms with Crippen molar-refractivity contribution in [3.63, 3.8) is 0 Å². The summed E-state index contributed by atoms with van der Waals surface area (Å²) in [6.07, 6.45) is 0. The van der Waals surface area contributed by atoms with Crippen LogP contribution in [-0.4, -0.2) is 71.6 Å². The Morgan fingerprint density at radius 1 is 0.892 bits per heavy atom. The lowest BCUT2D eigenvalue weighted by atomic mass is 10.1. The van der Waals surface area contributed by atoms with E-state index < -0.39 is 10.0 Å². The summed E-state index contributed by atoms with van der Waals surface area (Å²) < 4.78 is 38.1. The number of methoxy groups -OCH3 is 2. The minimum Gasteiger partial charge on any atom is -0.493 e. The lowest BCUT2D eigenvalue weighted by Gasteiger charge is -2.35. The molecular weight excluding hydrogens is 490 g/mol. The van der Waals surface area contributed by atoms with E-state index >= 15 is 0 Å². The van der Waals surface area contributed by atoms with E-state index in [1.165, 1.54) is 23.5 Å². The Bertz CT molecular complexity index is 1340. The number of anilines is 1. The summed E-state index contributed by atoms with van der Waals surface area (Å²) >= 11 is 0. The Hall–Kier alpha value is -3.56. The van der Waals surface area contributed by atoms with Gasteiger partial charge in [0.05, 0.1) is 24.8 Å². The normalized spacial score (nSPS) is 14.3. The average Bonchev–Trinajstić information content (AvgIpc) is 2.94. The molecule has 3 aromatic carbocycles. The molecule has 0 atom stereocenters. The van der Waals surface area contributed by atoms with Crippen LogP contribution in [0.15, 0.2) is 71.6 Å². The number of benzene rings is 3. The Morgan fingerprint density at radius 3 is 2.08 bits per heavy atom. The molecule has 0 radical (unpaired) electrons. The molecule has 0 bridgehead atoms. The first-order valence-corrected chi connectivity index (χ1v) is 13.6. The van der Waals surface area contributed by atoms with Crippen molar-refractivity contribution in [3.8, 4) is 11.5 Å². The summed E-state index contributed by atoms with van der Waals surface area (Å²) in [5.41, 5.74) is 3.34. The van der Waals surface area contributed by atoms with Gasteiger partial charge in [-0.2, -0.15) is 0 Å². The molecule has 37 heavy (non-hydrogen) atoms. The second-order valence-electron chi connectivity index (χ2n) is 9.03.